The van der Waals surface area contributed by atoms with E-state index in [0.717, 1.165) is 6.42 Å². The molecule has 0 bridgehead atoms. The van der Waals surface area contributed by atoms with Crippen molar-refractivity contribution in [2.75, 3.05) is 6.61 Å². The van der Waals surface area contributed by atoms with Crippen molar-refractivity contribution in [2.45, 2.75) is 25.9 Å². The molecule has 0 aliphatic rings. The van der Waals surface area contributed by atoms with Gasteiger partial charge in [-0.25, -0.2) is 0 Å². The molecule has 1 aromatic heterocycles. The molecule has 0 fully saturated rings. The van der Waals surface area contributed by atoms with Gasteiger partial charge in [0.25, 0.3) is 5.56 Å². The Hall–Kier alpha value is -1.55. The van der Waals surface area contributed by atoms with E-state index in [0.29, 0.717) is 18.9 Å². The van der Waals surface area contributed by atoms with E-state index in [9.17, 15) is 4.79 Å². The van der Waals surface area contributed by atoms with Crippen molar-refractivity contribution in [3.05, 3.63) is 41.3 Å². The van der Waals surface area contributed by atoms with Gasteiger partial charge in [-0.15, -0.1) is 0 Å². The van der Waals surface area contributed by atoms with Crippen LogP contribution in [0.2, 0.25) is 0 Å². The summed E-state index contributed by atoms with van der Waals surface area (Å²) in [6, 6.07) is 3.43. The van der Waals surface area contributed by atoms with Gasteiger partial charge in [0.05, 0.1) is 0 Å². The lowest BCUT2D eigenvalue weighted by atomic mass is 10.2. The summed E-state index contributed by atoms with van der Waals surface area (Å²) in [7, 11) is 0. The molecule has 4 nitrogen and oxygen atoms in total. The zero-order chi connectivity index (χ0) is 12.0. The number of pyridine rings is 1. The van der Waals surface area contributed by atoms with Crippen LogP contribution in [0, 0.1) is 0 Å². The molecular weight excluding hydrogens is 204 g/mol. The van der Waals surface area contributed by atoms with E-state index in [4.69, 9.17) is 10.5 Å². The highest BCUT2D eigenvalue weighted by Gasteiger charge is 2.06. The first-order chi connectivity index (χ1) is 7.69. The molecule has 1 aromatic rings. The highest BCUT2D eigenvalue weighted by Crippen LogP contribution is 2.02. The van der Waals surface area contributed by atoms with Crippen molar-refractivity contribution in [3.8, 4) is 5.75 Å². The van der Waals surface area contributed by atoms with Crippen LogP contribution in [0.4, 0.5) is 0 Å². The maximum Gasteiger partial charge on any atom is 0.292 e. The van der Waals surface area contributed by atoms with Crippen LogP contribution >= 0.6 is 0 Å². The maximum absolute atomic E-state index is 11.9. The van der Waals surface area contributed by atoms with E-state index in [1.165, 1.54) is 0 Å². The fourth-order valence-corrected chi connectivity index (χ4v) is 1.30. The Morgan fingerprint density at radius 3 is 3.06 bits per heavy atom. The van der Waals surface area contributed by atoms with Crippen molar-refractivity contribution >= 4 is 0 Å². The van der Waals surface area contributed by atoms with E-state index in [-0.39, 0.29) is 11.6 Å². The minimum atomic E-state index is -0.145. The van der Waals surface area contributed by atoms with E-state index in [1.807, 2.05) is 6.92 Å². The number of aromatic nitrogens is 1. The minimum absolute atomic E-state index is 0.00708. The number of nitrogens with zero attached hydrogens (tertiary/aromatic N) is 1. The zero-order valence-corrected chi connectivity index (χ0v) is 9.56. The van der Waals surface area contributed by atoms with Gasteiger partial charge in [-0.05, 0) is 18.6 Å². The summed E-state index contributed by atoms with van der Waals surface area (Å²) < 4.78 is 6.83. The SMILES string of the molecule is C=CCOc1cccn(CC(N)CC)c1=O. The number of hydrogen-bond donors (Lipinski definition) is 1. The molecule has 88 valence electrons. The highest BCUT2D eigenvalue weighted by atomic mass is 16.5. The van der Waals surface area contributed by atoms with E-state index >= 15 is 0 Å². The highest BCUT2D eigenvalue weighted by molar-refractivity contribution is 5.17. The van der Waals surface area contributed by atoms with Crippen LogP contribution in [0.5, 0.6) is 5.75 Å². The van der Waals surface area contributed by atoms with Gasteiger partial charge in [-0.1, -0.05) is 19.6 Å². The molecule has 4 heteroatoms. The van der Waals surface area contributed by atoms with Crippen LogP contribution in [-0.4, -0.2) is 17.2 Å². The average Bonchev–Trinajstić information content (AvgIpc) is 2.30. The standard InChI is InChI=1S/C12H18N2O2/c1-3-8-16-11-6-5-7-14(12(11)15)9-10(13)4-2/h3,5-7,10H,1,4,8-9,13H2,2H3. The molecule has 0 saturated carbocycles. The Kier molecular flexibility index (Phi) is 4.79. The van der Waals surface area contributed by atoms with Crippen molar-refractivity contribution in [1.82, 2.24) is 4.57 Å². The monoisotopic (exact) mass is 222 g/mol. The van der Waals surface area contributed by atoms with Gasteiger partial charge < -0.3 is 15.0 Å². The number of rotatable bonds is 6. The first-order valence-corrected chi connectivity index (χ1v) is 5.37. The Labute approximate surface area is 95.3 Å². The Morgan fingerprint density at radius 1 is 1.69 bits per heavy atom. The summed E-state index contributed by atoms with van der Waals surface area (Å²) in [5.74, 6) is 0.339. The molecule has 2 N–H and O–H groups in total. The van der Waals surface area contributed by atoms with Crippen molar-refractivity contribution in [1.29, 1.82) is 0 Å². The molecule has 0 aromatic carbocycles. The summed E-state index contributed by atoms with van der Waals surface area (Å²) in [6.45, 7) is 6.38. The van der Waals surface area contributed by atoms with Crippen molar-refractivity contribution in [3.63, 3.8) is 0 Å². The largest absolute Gasteiger partial charge is 0.484 e. The average molecular weight is 222 g/mol. The molecule has 0 aliphatic carbocycles. The van der Waals surface area contributed by atoms with Gasteiger partial charge in [0.1, 0.15) is 6.61 Å². The van der Waals surface area contributed by atoms with Crippen LogP contribution in [0.3, 0.4) is 0 Å². The van der Waals surface area contributed by atoms with Gasteiger partial charge in [0.15, 0.2) is 5.75 Å². The molecule has 16 heavy (non-hydrogen) atoms. The van der Waals surface area contributed by atoms with Crippen LogP contribution in [0.25, 0.3) is 0 Å². The van der Waals surface area contributed by atoms with E-state index in [1.54, 1.807) is 29.0 Å². The van der Waals surface area contributed by atoms with Gasteiger partial charge in [-0.3, -0.25) is 4.79 Å². The lowest BCUT2D eigenvalue weighted by Crippen LogP contribution is -2.31. The summed E-state index contributed by atoms with van der Waals surface area (Å²) in [5.41, 5.74) is 5.66. The summed E-state index contributed by atoms with van der Waals surface area (Å²) in [4.78, 5) is 11.9. The van der Waals surface area contributed by atoms with Crippen LogP contribution in [-0.2, 0) is 6.54 Å². The van der Waals surface area contributed by atoms with Crippen LogP contribution < -0.4 is 16.0 Å². The topological polar surface area (TPSA) is 57.2 Å². The third-order valence-corrected chi connectivity index (χ3v) is 2.30. The second kappa shape index (κ2) is 6.12. The number of ether oxygens (including phenoxy) is 1. The molecule has 0 amide bonds. The first-order valence-electron chi connectivity index (χ1n) is 5.37. The van der Waals surface area contributed by atoms with Gasteiger partial charge in [0, 0.05) is 18.8 Å². The molecule has 0 spiro atoms. The smallest absolute Gasteiger partial charge is 0.292 e. The fourth-order valence-electron chi connectivity index (χ4n) is 1.30. The molecular formula is C12H18N2O2. The maximum atomic E-state index is 11.9. The van der Waals surface area contributed by atoms with E-state index in [2.05, 4.69) is 6.58 Å². The summed E-state index contributed by atoms with van der Waals surface area (Å²) in [6.07, 6.45) is 4.16. The van der Waals surface area contributed by atoms with Gasteiger partial charge in [0.2, 0.25) is 0 Å². The van der Waals surface area contributed by atoms with E-state index < -0.39 is 0 Å². The predicted molar refractivity (Wildman–Crippen MR) is 64.7 cm³/mol. The molecule has 0 saturated heterocycles. The summed E-state index contributed by atoms with van der Waals surface area (Å²) >= 11 is 0. The lowest BCUT2D eigenvalue weighted by molar-refractivity contribution is 0.352. The van der Waals surface area contributed by atoms with Gasteiger partial charge in [-0.2, -0.15) is 0 Å². The Morgan fingerprint density at radius 2 is 2.44 bits per heavy atom. The first kappa shape index (κ1) is 12.5. The summed E-state index contributed by atoms with van der Waals surface area (Å²) in [5, 5.41) is 0. The molecule has 0 radical (unpaired) electrons. The molecule has 1 heterocycles. The quantitative estimate of drug-likeness (QED) is 0.734. The van der Waals surface area contributed by atoms with Crippen molar-refractivity contribution in [2.24, 2.45) is 5.73 Å². The molecule has 1 unspecified atom stereocenters. The fraction of sp³-hybridized carbons (Fsp3) is 0.417. The predicted octanol–water partition coefficient (Wildman–Crippen LogP) is 1.15. The molecule has 0 aliphatic heterocycles. The second-order valence-electron chi connectivity index (χ2n) is 3.60. The number of hydrogen-bond acceptors (Lipinski definition) is 3. The second-order valence-corrected chi connectivity index (χ2v) is 3.60. The third kappa shape index (κ3) is 3.24. The van der Waals surface area contributed by atoms with Gasteiger partial charge >= 0.3 is 0 Å². The lowest BCUT2D eigenvalue weighted by Gasteiger charge is -2.12. The van der Waals surface area contributed by atoms with Crippen LogP contribution in [0.1, 0.15) is 13.3 Å². The Bertz CT molecular complexity index is 398. The molecule has 1 rings (SSSR count). The minimum Gasteiger partial charge on any atom is -0.484 e. The van der Waals surface area contributed by atoms with Crippen molar-refractivity contribution < 1.29 is 4.74 Å². The van der Waals surface area contributed by atoms with Crippen LogP contribution in [0.15, 0.2) is 35.8 Å². The number of nitrogens with two attached hydrogens (primary N) is 1. The molecule has 1 atom stereocenters. The third-order valence-electron chi connectivity index (χ3n) is 2.30. The normalized spacial score (nSPS) is 12.1. The zero-order valence-electron chi connectivity index (χ0n) is 9.56. The Balaban J connectivity index is 2.86.